The minimum atomic E-state index is -0.113. The van der Waals surface area contributed by atoms with Gasteiger partial charge in [-0.05, 0) is 72.1 Å². The highest BCUT2D eigenvalue weighted by molar-refractivity contribution is 7.16. The van der Waals surface area contributed by atoms with Gasteiger partial charge in [0.15, 0.2) is 0 Å². The van der Waals surface area contributed by atoms with Crippen molar-refractivity contribution < 1.29 is 4.79 Å². The van der Waals surface area contributed by atoms with E-state index in [4.69, 9.17) is 16.6 Å². The number of fused-ring (bicyclic) bond motifs is 2. The first-order valence-corrected chi connectivity index (χ1v) is 15.3. The second-order valence-corrected chi connectivity index (χ2v) is 13.4. The number of halogens is 1. The van der Waals surface area contributed by atoms with Gasteiger partial charge in [0, 0.05) is 51.0 Å². The first-order valence-electron chi connectivity index (χ1n) is 14.1. The number of amides is 1. The highest BCUT2D eigenvalue weighted by atomic mass is 35.5. The molecule has 0 fully saturated rings. The molecule has 1 amide bonds. The summed E-state index contributed by atoms with van der Waals surface area (Å²) >= 11 is 7.74. The third-order valence-corrected chi connectivity index (χ3v) is 9.55. The Labute approximate surface area is 250 Å². The summed E-state index contributed by atoms with van der Waals surface area (Å²) in [5, 5.41) is 5.65. The Morgan fingerprint density at radius 2 is 1.78 bits per heavy atom. The Morgan fingerprint density at radius 3 is 2.54 bits per heavy atom. The van der Waals surface area contributed by atoms with Gasteiger partial charge in [-0.1, -0.05) is 80.9 Å². The fraction of sp³-hybridized carbons (Fsp3) is 0.257. The maximum Gasteiger partial charge on any atom is 0.259 e. The minimum Gasteiger partial charge on any atom is -0.342 e. The SMILES string of the molecule is CC(C)(C)[C@H]1CCc2c(sc(N=Cc3cn(Cc4ccccc4)c4ccccc34)c2C(=O)Nc2ccc(Cl)cc2)C1. The van der Waals surface area contributed by atoms with Gasteiger partial charge in [-0.15, -0.1) is 11.3 Å². The van der Waals surface area contributed by atoms with Crippen LogP contribution in [-0.2, 0) is 19.4 Å². The number of thiophene rings is 1. The number of benzene rings is 3. The Kier molecular flexibility index (Phi) is 7.58. The van der Waals surface area contributed by atoms with Gasteiger partial charge in [-0.25, -0.2) is 4.99 Å². The molecule has 0 saturated heterocycles. The number of aliphatic imine (C=N–C) groups is 1. The first kappa shape index (κ1) is 27.5. The van der Waals surface area contributed by atoms with Crippen molar-refractivity contribution in [1.29, 1.82) is 0 Å². The zero-order valence-corrected chi connectivity index (χ0v) is 25.2. The molecule has 1 N–H and O–H groups in total. The van der Waals surface area contributed by atoms with Gasteiger partial charge < -0.3 is 9.88 Å². The predicted octanol–water partition coefficient (Wildman–Crippen LogP) is 9.56. The quantitative estimate of drug-likeness (QED) is 0.200. The smallest absolute Gasteiger partial charge is 0.259 e. The van der Waals surface area contributed by atoms with E-state index in [2.05, 4.69) is 85.4 Å². The van der Waals surface area contributed by atoms with Crippen LogP contribution in [0.15, 0.2) is 90.1 Å². The normalized spacial score (nSPS) is 15.4. The molecule has 1 aliphatic carbocycles. The molecule has 208 valence electrons. The van der Waals surface area contributed by atoms with Crippen LogP contribution in [0.1, 0.15) is 59.1 Å². The average molecular weight is 580 g/mol. The van der Waals surface area contributed by atoms with E-state index < -0.39 is 0 Å². The lowest BCUT2D eigenvalue weighted by Gasteiger charge is -2.33. The van der Waals surface area contributed by atoms with E-state index in [0.717, 1.165) is 58.5 Å². The molecule has 6 heteroatoms. The number of aromatic nitrogens is 1. The zero-order valence-electron chi connectivity index (χ0n) is 23.7. The number of carbonyl (C=O) groups excluding carboxylic acids is 1. The van der Waals surface area contributed by atoms with Crippen LogP contribution in [0.2, 0.25) is 5.02 Å². The van der Waals surface area contributed by atoms with E-state index in [1.807, 2.05) is 24.4 Å². The van der Waals surface area contributed by atoms with Crippen LogP contribution in [-0.4, -0.2) is 16.7 Å². The lowest BCUT2D eigenvalue weighted by Crippen LogP contribution is -2.27. The van der Waals surface area contributed by atoms with E-state index >= 15 is 0 Å². The van der Waals surface area contributed by atoms with Crippen LogP contribution < -0.4 is 5.32 Å². The van der Waals surface area contributed by atoms with Gasteiger partial charge in [0.05, 0.1) is 5.56 Å². The number of anilines is 1. The summed E-state index contributed by atoms with van der Waals surface area (Å²) in [7, 11) is 0. The lowest BCUT2D eigenvalue weighted by molar-refractivity contribution is 0.102. The van der Waals surface area contributed by atoms with Crippen LogP contribution in [0.25, 0.3) is 10.9 Å². The Hall–Kier alpha value is -3.67. The Bertz CT molecular complexity index is 1730. The summed E-state index contributed by atoms with van der Waals surface area (Å²) in [6, 6.07) is 26.2. The molecule has 3 aromatic carbocycles. The molecule has 6 rings (SSSR count). The van der Waals surface area contributed by atoms with E-state index in [9.17, 15) is 4.79 Å². The Morgan fingerprint density at radius 1 is 1.05 bits per heavy atom. The number of hydrogen-bond donors (Lipinski definition) is 1. The van der Waals surface area contributed by atoms with Crippen LogP contribution in [0.5, 0.6) is 0 Å². The van der Waals surface area contributed by atoms with Crippen molar-refractivity contribution in [3.05, 3.63) is 117 Å². The van der Waals surface area contributed by atoms with Crippen molar-refractivity contribution in [2.24, 2.45) is 16.3 Å². The minimum absolute atomic E-state index is 0.113. The van der Waals surface area contributed by atoms with E-state index in [0.29, 0.717) is 16.5 Å². The van der Waals surface area contributed by atoms with Crippen LogP contribution in [0, 0.1) is 11.3 Å². The number of nitrogens with one attached hydrogen (secondary N) is 1. The largest absolute Gasteiger partial charge is 0.342 e. The Balaban J connectivity index is 1.37. The summed E-state index contributed by atoms with van der Waals surface area (Å²) in [5.41, 5.74) is 6.25. The molecule has 41 heavy (non-hydrogen) atoms. The molecule has 2 aromatic heterocycles. The molecule has 0 bridgehead atoms. The van der Waals surface area contributed by atoms with Crippen molar-refractivity contribution >= 4 is 56.7 Å². The molecule has 0 unspecified atom stereocenters. The summed E-state index contributed by atoms with van der Waals surface area (Å²) < 4.78 is 2.27. The zero-order chi connectivity index (χ0) is 28.6. The van der Waals surface area contributed by atoms with Crippen molar-refractivity contribution in [2.75, 3.05) is 5.32 Å². The van der Waals surface area contributed by atoms with Crippen LogP contribution in [0.3, 0.4) is 0 Å². The molecule has 1 atom stereocenters. The lowest BCUT2D eigenvalue weighted by atomic mass is 9.72. The van der Waals surface area contributed by atoms with Gasteiger partial charge >= 0.3 is 0 Å². The third-order valence-electron chi connectivity index (χ3n) is 8.14. The molecular weight excluding hydrogens is 546 g/mol. The molecule has 0 aliphatic heterocycles. The molecule has 4 nitrogen and oxygen atoms in total. The van der Waals surface area contributed by atoms with Crippen molar-refractivity contribution in [3.8, 4) is 0 Å². The highest BCUT2D eigenvalue weighted by Gasteiger charge is 2.33. The van der Waals surface area contributed by atoms with Crippen LogP contribution in [0.4, 0.5) is 10.7 Å². The standard InChI is InChI=1S/C35H34ClN3OS/c1-35(2,3)25-13-18-29-31(19-25)41-34(32(29)33(40)38-27-16-14-26(36)15-17-27)37-20-24-22-39(21-23-9-5-4-6-10-23)30-12-8-7-11-28(24)30/h4-12,14-17,20,22,25H,13,18-19,21H2,1-3H3,(H,38,40)/t25-/m0/s1. The predicted molar refractivity (Wildman–Crippen MR) is 173 cm³/mol. The summed E-state index contributed by atoms with van der Waals surface area (Å²) in [6.07, 6.45) is 7.05. The number of rotatable bonds is 6. The van der Waals surface area contributed by atoms with Gasteiger partial charge in [0.25, 0.3) is 5.91 Å². The topological polar surface area (TPSA) is 46.4 Å². The molecule has 0 saturated carbocycles. The second kappa shape index (κ2) is 11.3. The van der Waals surface area contributed by atoms with Crippen molar-refractivity contribution in [2.45, 2.75) is 46.6 Å². The highest BCUT2D eigenvalue weighted by Crippen LogP contribution is 2.45. The molecule has 0 radical (unpaired) electrons. The van der Waals surface area contributed by atoms with Gasteiger partial charge in [-0.3, -0.25) is 4.79 Å². The van der Waals surface area contributed by atoms with Gasteiger partial charge in [0.1, 0.15) is 5.00 Å². The second-order valence-electron chi connectivity index (χ2n) is 11.9. The fourth-order valence-electron chi connectivity index (χ4n) is 5.78. The molecule has 2 heterocycles. The number of carbonyl (C=O) groups is 1. The molecular formula is C35H34ClN3OS. The summed E-state index contributed by atoms with van der Waals surface area (Å²) in [6.45, 7) is 7.73. The number of nitrogens with zero attached hydrogens (tertiary/aromatic N) is 2. The van der Waals surface area contributed by atoms with Crippen molar-refractivity contribution in [3.63, 3.8) is 0 Å². The fourth-order valence-corrected chi connectivity index (χ4v) is 7.17. The molecule has 1 aliphatic rings. The third kappa shape index (κ3) is 5.88. The maximum atomic E-state index is 13.7. The number of para-hydroxylation sites is 1. The first-order chi connectivity index (χ1) is 19.8. The monoisotopic (exact) mass is 579 g/mol. The van der Waals surface area contributed by atoms with Crippen LogP contribution >= 0.6 is 22.9 Å². The number of hydrogen-bond acceptors (Lipinski definition) is 3. The molecule has 5 aromatic rings. The van der Waals surface area contributed by atoms with E-state index in [1.165, 1.54) is 10.4 Å². The summed E-state index contributed by atoms with van der Waals surface area (Å²) in [5.74, 6) is 0.464. The maximum absolute atomic E-state index is 13.7. The molecule has 0 spiro atoms. The van der Waals surface area contributed by atoms with Crippen molar-refractivity contribution in [1.82, 2.24) is 4.57 Å². The van der Waals surface area contributed by atoms with E-state index in [1.54, 1.807) is 23.5 Å². The van der Waals surface area contributed by atoms with E-state index in [-0.39, 0.29) is 11.3 Å². The average Bonchev–Trinajstić information content (AvgIpc) is 3.50. The van der Waals surface area contributed by atoms with Gasteiger partial charge in [-0.2, -0.15) is 0 Å². The van der Waals surface area contributed by atoms with Gasteiger partial charge in [0.2, 0.25) is 0 Å². The summed E-state index contributed by atoms with van der Waals surface area (Å²) in [4.78, 5) is 20.0.